The molecule has 0 aliphatic carbocycles. The molecule has 0 aliphatic rings. The van der Waals surface area contributed by atoms with E-state index in [0.717, 1.165) is 6.07 Å². The maximum absolute atomic E-state index is 13.6. The molecule has 0 radical (unpaired) electrons. The van der Waals surface area contributed by atoms with Crippen molar-refractivity contribution in [3.05, 3.63) is 42.2 Å². The molecule has 0 atom stereocenters. The summed E-state index contributed by atoms with van der Waals surface area (Å²) in [7, 11) is -14.9. The maximum atomic E-state index is 13.6. The van der Waals surface area contributed by atoms with Crippen LogP contribution < -0.4 is 5.73 Å². The van der Waals surface area contributed by atoms with E-state index in [-0.39, 0.29) is 10.8 Å². The first-order chi connectivity index (χ1) is 15.0. The van der Waals surface area contributed by atoms with E-state index in [2.05, 4.69) is 10.2 Å². The van der Waals surface area contributed by atoms with Gasteiger partial charge in [0.1, 0.15) is 32.7 Å². The zero-order valence-electron chi connectivity index (χ0n) is 15.8. The smallest absolute Gasteiger partial charge is 0.296 e. The van der Waals surface area contributed by atoms with Gasteiger partial charge in [0.2, 0.25) is 0 Å². The number of hydrogen-bond donors (Lipinski definition) is 5. The van der Waals surface area contributed by atoms with Gasteiger partial charge in [-0.15, -0.1) is 10.2 Å². The summed E-state index contributed by atoms with van der Waals surface area (Å²) in [6, 6.07) is 3.91. The number of fused-ring (bicyclic) bond motifs is 1. The third-order valence-electron chi connectivity index (χ3n) is 4.20. The Hall–Kier alpha value is -3.22. The molecule has 3 aromatic carbocycles. The molecule has 176 valence electrons. The van der Waals surface area contributed by atoms with Crippen molar-refractivity contribution in [1.82, 2.24) is 0 Å². The summed E-state index contributed by atoms with van der Waals surface area (Å²) in [5.74, 6) is -1.83. The molecule has 0 saturated heterocycles. The molecule has 13 nitrogen and oxygen atoms in total. The highest BCUT2D eigenvalue weighted by Gasteiger charge is 2.24. The van der Waals surface area contributed by atoms with E-state index in [4.69, 9.17) is 5.73 Å². The molecule has 0 aromatic heterocycles. The van der Waals surface area contributed by atoms with Crippen LogP contribution in [0.5, 0.6) is 5.75 Å². The minimum atomic E-state index is -5.13. The van der Waals surface area contributed by atoms with Gasteiger partial charge in [-0.1, -0.05) is 0 Å². The van der Waals surface area contributed by atoms with Crippen LogP contribution in [0.2, 0.25) is 0 Å². The zero-order valence-corrected chi connectivity index (χ0v) is 18.2. The number of aromatic hydroxyl groups is 1. The molecule has 0 heterocycles. The number of nitrogens with two attached hydrogens (primary N) is 1. The number of anilines is 1. The van der Waals surface area contributed by atoms with Crippen molar-refractivity contribution in [2.45, 2.75) is 14.7 Å². The Morgan fingerprint density at radius 1 is 0.788 bits per heavy atom. The largest absolute Gasteiger partial charge is 0.507 e. The first kappa shape index (κ1) is 24.4. The number of rotatable bonds is 5. The predicted molar refractivity (Wildman–Crippen MR) is 110 cm³/mol. The molecule has 33 heavy (non-hydrogen) atoms. The topological polar surface area (TPSA) is 234 Å². The number of phenols is 1. The van der Waals surface area contributed by atoms with Crippen LogP contribution in [0.15, 0.2) is 61.3 Å². The van der Waals surface area contributed by atoms with Gasteiger partial charge in [0.25, 0.3) is 30.4 Å². The summed E-state index contributed by atoms with van der Waals surface area (Å²) in [5.41, 5.74) is 3.60. The van der Waals surface area contributed by atoms with E-state index in [1.165, 1.54) is 0 Å². The van der Waals surface area contributed by atoms with Crippen LogP contribution in [0.3, 0.4) is 0 Å². The van der Waals surface area contributed by atoms with Crippen molar-refractivity contribution in [2.24, 2.45) is 10.2 Å². The highest BCUT2D eigenvalue weighted by Crippen LogP contribution is 2.43. The van der Waals surface area contributed by atoms with Crippen molar-refractivity contribution in [3.8, 4) is 5.75 Å². The first-order valence-corrected chi connectivity index (χ1v) is 12.5. The lowest BCUT2D eigenvalue weighted by molar-refractivity contribution is 0.471. The summed E-state index contributed by atoms with van der Waals surface area (Å²) in [5, 5.41) is 16.3. The summed E-state index contributed by atoms with van der Waals surface area (Å²) >= 11 is 0. The standard InChI is InChI=1S/C16H12FN3O10S3/c17-8-1-2-12(32(25,26)27)10(5-8)19-20-16-13(33(28,29)30)4-7-3-9(31(22,23)24)6-11(21)14(7)15(16)18/h1-6,21H,18H2,(H,22,23,24)(H,25,26,27)(H,28,29,30). The van der Waals surface area contributed by atoms with Gasteiger partial charge >= 0.3 is 0 Å². The van der Waals surface area contributed by atoms with Gasteiger partial charge < -0.3 is 10.8 Å². The second-order valence-electron chi connectivity index (χ2n) is 6.41. The quantitative estimate of drug-likeness (QED) is 0.186. The van der Waals surface area contributed by atoms with Crippen molar-refractivity contribution in [2.75, 3.05) is 5.73 Å². The fourth-order valence-electron chi connectivity index (χ4n) is 2.83. The highest BCUT2D eigenvalue weighted by atomic mass is 32.2. The Morgan fingerprint density at radius 2 is 1.39 bits per heavy atom. The third kappa shape index (κ3) is 4.92. The Bertz CT molecular complexity index is 1670. The van der Waals surface area contributed by atoms with Crippen molar-refractivity contribution in [1.29, 1.82) is 0 Å². The molecule has 17 heteroatoms. The Labute approximate surface area is 185 Å². The third-order valence-corrected chi connectivity index (χ3v) is 6.80. The van der Waals surface area contributed by atoms with Gasteiger partial charge in [0.05, 0.1) is 10.6 Å². The van der Waals surface area contributed by atoms with Gasteiger partial charge in [0, 0.05) is 17.5 Å². The summed E-state index contributed by atoms with van der Waals surface area (Å²) in [4.78, 5) is -2.76. The van der Waals surface area contributed by atoms with Crippen LogP contribution in [0, 0.1) is 5.82 Å². The van der Waals surface area contributed by atoms with E-state index in [1.54, 1.807) is 0 Å². The summed E-state index contributed by atoms with van der Waals surface area (Å²) < 4.78 is 111. The molecule has 0 unspecified atom stereocenters. The molecule has 0 spiro atoms. The fourth-order valence-corrected chi connectivity index (χ4v) is 4.64. The average molecular weight is 521 g/mol. The van der Waals surface area contributed by atoms with Crippen molar-refractivity contribution in [3.63, 3.8) is 0 Å². The zero-order chi connectivity index (χ0) is 24.9. The number of azo groups is 1. The fraction of sp³-hybridized carbons (Fsp3) is 0. The Morgan fingerprint density at radius 3 is 1.94 bits per heavy atom. The van der Waals surface area contributed by atoms with E-state index < -0.39 is 73.7 Å². The lowest BCUT2D eigenvalue weighted by atomic mass is 10.1. The van der Waals surface area contributed by atoms with Crippen molar-refractivity contribution < 1.29 is 48.4 Å². The maximum Gasteiger partial charge on any atom is 0.296 e. The molecule has 6 N–H and O–H groups in total. The molecule has 0 amide bonds. The number of nitrogens with zero attached hydrogens (tertiary/aromatic N) is 2. The van der Waals surface area contributed by atoms with E-state index >= 15 is 0 Å². The van der Waals surface area contributed by atoms with Gasteiger partial charge in [-0.3, -0.25) is 13.7 Å². The van der Waals surface area contributed by atoms with Gasteiger partial charge in [0.15, 0.2) is 0 Å². The molecule has 3 aromatic rings. The van der Waals surface area contributed by atoms with Gasteiger partial charge in [-0.2, -0.15) is 25.3 Å². The SMILES string of the molecule is Nc1c(N=Nc2cc(F)ccc2S(=O)(=O)O)c(S(=O)(=O)O)cc2cc(S(=O)(=O)O)cc(O)c12. The number of nitrogen functional groups attached to an aromatic ring is 1. The van der Waals surface area contributed by atoms with Crippen LogP contribution in [0.4, 0.5) is 21.5 Å². The lowest BCUT2D eigenvalue weighted by Crippen LogP contribution is -2.03. The van der Waals surface area contributed by atoms with Crippen LogP contribution >= 0.6 is 0 Å². The summed E-state index contributed by atoms with van der Waals surface area (Å²) in [6.45, 7) is 0. The molecule has 0 aliphatic heterocycles. The van der Waals surface area contributed by atoms with Gasteiger partial charge in [-0.25, -0.2) is 4.39 Å². The monoisotopic (exact) mass is 521 g/mol. The molecule has 3 rings (SSSR count). The first-order valence-electron chi connectivity index (χ1n) is 8.23. The van der Waals surface area contributed by atoms with Crippen LogP contribution in [0.25, 0.3) is 10.8 Å². The van der Waals surface area contributed by atoms with Crippen LogP contribution in [0.1, 0.15) is 0 Å². The molecule has 0 fully saturated rings. The van der Waals surface area contributed by atoms with Crippen LogP contribution in [-0.4, -0.2) is 44.0 Å². The van der Waals surface area contributed by atoms with E-state index in [9.17, 15) is 48.4 Å². The van der Waals surface area contributed by atoms with E-state index in [0.29, 0.717) is 30.3 Å². The second kappa shape index (κ2) is 7.97. The normalized spacial score (nSPS) is 13.1. The molecule has 0 saturated carbocycles. The minimum absolute atomic E-state index is 0.351. The number of halogens is 1. The molecule has 0 bridgehead atoms. The average Bonchev–Trinajstić information content (AvgIpc) is 2.64. The lowest BCUT2D eigenvalue weighted by Gasteiger charge is -2.12. The van der Waals surface area contributed by atoms with Crippen molar-refractivity contribution >= 4 is 58.2 Å². The Balaban J connectivity index is 2.38. The minimum Gasteiger partial charge on any atom is -0.507 e. The highest BCUT2D eigenvalue weighted by molar-refractivity contribution is 7.86. The second-order valence-corrected chi connectivity index (χ2v) is 10.6. The summed E-state index contributed by atoms with van der Waals surface area (Å²) in [6.07, 6.45) is 0. The van der Waals surface area contributed by atoms with Gasteiger partial charge in [-0.05, 0) is 29.7 Å². The Kier molecular flexibility index (Phi) is 5.90. The van der Waals surface area contributed by atoms with Crippen LogP contribution in [-0.2, 0) is 30.4 Å². The van der Waals surface area contributed by atoms with E-state index in [1.807, 2.05) is 0 Å². The molecular formula is C16H12FN3O10S3. The number of benzene rings is 3. The number of hydrogen-bond acceptors (Lipinski definition) is 10. The predicted octanol–water partition coefficient (Wildman–Crippen LogP) is 2.42. The number of phenolic OH excluding ortho intramolecular Hbond substituents is 1. The molecular weight excluding hydrogens is 509 g/mol.